The van der Waals surface area contributed by atoms with Crippen LogP contribution in [-0.4, -0.2) is 29.4 Å². The average molecular weight is 359 g/mol. The van der Waals surface area contributed by atoms with E-state index in [1.165, 1.54) is 6.92 Å². The van der Waals surface area contributed by atoms with Crippen LogP contribution in [0.1, 0.15) is 21.5 Å². The Labute approximate surface area is 148 Å². The highest BCUT2D eigenvalue weighted by molar-refractivity contribution is 5.97. The van der Waals surface area contributed by atoms with Crippen LogP contribution in [0.15, 0.2) is 36.4 Å². The summed E-state index contributed by atoms with van der Waals surface area (Å²) in [4.78, 5) is 32.8. The number of non-ortho nitro benzene ring substituents is 1. The standard InChI is InChI=1S/C17H17N3O6/c1-11-15(9-13(19(22)23)10-16(11)20(24)25)17(21)18-8-7-12-3-5-14(26-2)6-4-12/h3-6,9-10H,7-8H2,1-2H3,(H,18,21). The lowest BCUT2D eigenvalue weighted by molar-refractivity contribution is -0.394. The largest absolute Gasteiger partial charge is 0.497 e. The molecule has 2 aromatic rings. The number of ether oxygens (including phenoxy) is 1. The molecule has 0 spiro atoms. The molecule has 0 aliphatic rings. The van der Waals surface area contributed by atoms with Crippen molar-refractivity contribution in [1.29, 1.82) is 0 Å². The fourth-order valence-corrected chi connectivity index (χ4v) is 2.42. The fourth-order valence-electron chi connectivity index (χ4n) is 2.42. The zero-order chi connectivity index (χ0) is 19.3. The Bertz CT molecular complexity index is 848. The first-order valence-corrected chi connectivity index (χ1v) is 7.68. The van der Waals surface area contributed by atoms with Gasteiger partial charge in [0, 0.05) is 18.2 Å². The Morgan fingerprint density at radius 1 is 1.12 bits per heavy atom. The lowest BCUT2D eigenvalue weighted by atomic mass is 10.0. The number of nitro groups is 2. The molecule has 0 radical (unpaired) electrons. The van der Waals surface area contributed by atoms with Crippen molar-refractivity contribution in [2.24, 2.45) is 0 Å². The van der Waals surface area contributed by atoms with Gasteiger partial charge < -0.3 is 10.1 Å². The number of benzene rings is 2. The molecule has 9 heteroatoms. The highest BCUT2D eigenvalue weighted by atomic mass is 16.6. The van der Waals surface area contributed by atoms with Crippen molar-refractivity contribution in [1.82, 2.24) is 5.32 Å². The van der Waals surface area contributed by atoms with E-state index in [0.717, 1.165) is 23.4 Å². The van der Waals surface area contributed by atoms with Gasteiger partial charge in [-0.1, -0.05) is 12.1 Å². The first-order chi connectivity index (χ1) is 12.3. The zero-order valence-electron chi connectivity index (χ0n) is 14.2. The summed E-state index contributed by atoms with van der Waals surface area (Å²) in [5.41, 5.74) is 0.0122. The molecule has 0 saturated carbocycles. The molecule has 136 valence electrons. The predicted molar refractivity (Wildman–Crippen MR) is 93.5 cm³/mol. The van der Waals surface area contributed by atoms with Crippen molar-refractivity contribution in [2.75, 3.05) is 13.7 Å². The van der Waals surface area contributed by atoms with E-state index in [9.17, 15) is 25.0 Å². The molecule has 0 bridgehead atoms. The van der Waals surface area contributed by atoms with E-state index < -0.39 is 27.1 Å². The van der Waals surface area contributed by atoms with Crippen LogP contribution in [0, 0.1) is 27.2 Å². The number of methoxy groups -OCH3 is 1. The number of rotatable bonds is 7. The van der Waals surface area contributed by atoms with Gasteiger partial charge in [0.25, 0.3) is 17.3 Å². The van der Waals surface area contributed by atoms with Gasteiger partial charge in [-0.2, -0.15) is 0 Å². The normalized spacial score (nSPS) is 10.2. The van der Waals surface area contributed by atoms with Crippen LogP contribution < -0.4 is 10.1 Å². The molecule has 0 aromatic heterocycles. The molecule has 0 unspecified atom stereocenters. The second-order valence-corrected chi connectivity index (χ2v) is 5.51. The maximum absolute atomic E-state index is 12.3. The summed E-state index contributed by atoms with van der Waals surface area (Å²) in [5, 5.41) is 24.7. The minimum atomic E-state index is -0.763. The molecule has 0 aliphatic carbocycles. The van der Waals surface area contributed by atoms with Gasteiger partial charge in [-0.15, -0.1) is 0 Å². The molecule has 9 nitrogen and oxygen atoms in total. The number of nitrogens with zero attached hydrogens (tertiary/aromatic N) is 2. The van der Waals surface area contributed by atoms with E-state index in [-0.39, 0.29) is 17.7 Å². The predicted octanol–water partition coefficient (Wildman–Crippen LogP) is 2.79. The number of carbonyl (C=O) groups excluding carboxylic acids is 1. The van der Waals surface area contributed by atoms with Gasteiger partial charge in [0.1, 0.15) is 5.75 Å². The van der Waals surface area contributed by atoms with Crippen LogP contribution in [-0.2, 0) is 6.42 Å². The number of hydrogen-bond acceptors (Lipinski definition) is 6. The number of nitrogens with one attached hydrogen (secondary N) is 1. The number of carbonyl (C=O) groups is 1. The Kier molecular flexibility index (Phi) is 5.84. The van der Waals surface area contributed by atoms with E-state index >= 15 is 0 Å². The van der Waals surface area contributed by atoms with E-state index in [1.807, 2.05) is 12.1 Å². The monoisotopic (exact) mass is 359 g/mol. The van der Waals surface area contributed by atoms with Crippen LogP contribution in [0.2, 0.25) is 0 Å². The quantitative estimate of drug-likeness (QED) is 0.598. The maximum Gasteiger partial charge on any atom is 0.279 e. The first-order valence-electron chi connectivity index (χ1n) is 7.68. The Morgan fingerprint density at radius 3 is 2.31 bits per heavy atom. The third-order valence-electron chi connectivity index (χ3n) is 3.88. The molecule has 2 aromatic carbocycles. The fraction of sp³-hybridized carbons (Fsp3) is 0.235. The summed E-state index contributed by atoms with van der Waals surface area (Å²) >= 11 is 0. The zero-order valence-corrected chi connectivity index (χ0v) is 14.2. The number of hydrogen-bond donors (Lipinski definition) is 1. The average Bonchev–Trinajstić information content (AvgIpc) is 2.61. The van der Waals surface area contributed by atoms with Crippen LogP contribution in [0.5, 0.6) is 5.75 Å². The summed E-state index contributed by atoms with van der Waals surface area (Å²) < 4.78 is 5.06. The summed E-state index contributed by atoms with van der Waals surface area (Å²) in [6.07, 6.45) is 0.534. The second-order valence-electron chi connectivity index (χ2n) is 5.51. The summed E-state index contributed by atoms with van der Waals surface area (Å²) in [6.45, 7) is 1.67. The summed E-state index contributed by atoms with van der Waals surface area (Å²) in [7, 11) is 1.57. The maximum atomic E-state index is 12.3. The van der Waals surface area contributed by atoms with E-state index in [0.29, 0.717) is 6.42 Å². The molecular formula is C17H17N3O6. The van der Waals surface area contributed by atoms with E-state index in [2.05, 4.69) is 5.32 Å². The van der Waals surface area contributed by atoms with E-state index in [1.54, 1.807) is 19.2 Å². The van der Waals surface area contributed by atoms with Gasteiger partial charge in [-0.25, -0.2) is 0 Å². The number of amides is 1. The highest BCUT2D eigenvalue weighted by Gasteiger charge is 2.24. The highest BCUT2D eigenvalue weighted by Crippen LogP contribution is 2.27. The van der Waals surface area contributed by atoms with Crippen LogP contribution in [0.4, 0.5) is 11.4 Å². The Morgan fingerprint density at radius 2 is 1.77 bits per heavy atom. The minimum absolute atomic E-state index is 0.0827. The molecule has 0 aliphatic heterocycles. The Balaban J connectivity index is 2.12. The van der Waals surface area contributed by atoms with Gasteiger partial charge in [0.05, 0.1) is 28.6 Å². The van der Waals surface area contributed by atoms with Crippen molar-refractivity contribution in [2.45, 2.75) is 13.3 Å². The van der Waals surface area contributed by atoms with Gasteiger partial charge in [-0.3, -0.25) is 25.0 Å². The van der Waals surface area contributed by atoms with Gasteiger partial charge in [0.15, 0.2) is 0 Å². The second kappa shape index (κ2) is 8.06. The SMILES string of the molecule is COc1ccc(CCNC(=O)c2cc([N+](=O)[O-])cc([N+](=O)[O-])c2C)cc1. The summed E-state index contributed by atoms with van der Waals surface area (Å²) in [6, 6.07) is 9.20. The molecule has 0 saturated heterocycles. The third-order valence-corrected chi connectivity index (χ3v) is 3.88. The van der Waals surface area contributed by atoms with Crippen molar-refractivity contribution >= 4 is 17.3 Å². The smallest absolute Gasteiger partial charge is 0.279 e. The van der Waals surface area contributed by atoms with Gasteiger partial charge in [0.2, 0.25) is 0 Å². The van der Waals surface area contributed by atoms with Crippen LogP contribution in [0.3, 0.4) is 0 Å². The minimum Gasteiger partial charge on any atom is -0.497 e. The first kappa shape index (κ1) is 18.8. The van der Waals surface area contributed by atoms with Crippen molar-refractivity contribution < 1.29 is 19.4 Å². The molecular weight excluding hydrogens is 342 g/mol. The molecule has 0 atom stereocenters. The Hall–Kier alpha value is -3.49. The molecule has 2 rings (SSSR count). The van der Waals surface area contributed by atoms with Crippen molar-refractivity contribution in [3.8, 4) is 5.75 Å². The van der Waals surface area contributed by atoms with Crippen LogP contribution >= 0.6 is 0 Å². The molecule has 0 fully saturated rings. The topological polar surface area (TPSA) is 125 Å². The summed E-state index contributed by atoms with van der Waals surface area (Å²) in [5.74, 6) is 0.125. The third kappa shape index (κ3) is 4.32. The lowest BCUT2D eigenvalue weighted by Crippen LogP contribution is -2.26. The molecule has 1 amide bonds. The van der Waals surface area contributed by atoms with Crippen molar-refractivity contribution in [3.05, 3.63) is 73.3 Å². The molecule has 0 heterocycles. The van der Waals surface area contributed by atoms with Gasteiger partial charge in [-0.05, 0) is 31.0 Å². The van der Waals surface area contributed by atoms with Gasteiger partial charge >= 0.3 is 0 Å². The molecule has 1 N–H and O–H groups in total. The van der Waals surface area contributed by atoms with E-state index in [4.69, 9.17) is 4.74 Å². The van der Waals surface area contributed by atoms with Crippen LogP contribution in [0.25, 0.3) is 0 Å². The lowest BCUT2D eigenvalue weighted by Gasteiger charge is -2.09. The number of nitro benzene ring substituents is 2. The molecule has 26 heavy (non-hydrogen) atoms. The van der Waals surface area contributed by atoms with Crippen molar-refractivity contribution in [3.63, 3.8) is 0 Å².